The highest BCUT2D eigenvalue weighted by Gasteiger charge is 2.44. The Morgan fingerprint density at radius 3 is 2.72 bits per heavy atom. The lowest BCUT2D eigenvalue weighted by molar-refractivity contribution is -0.361. The predicted molar refractivity (Wildman–Crippen MR) is 107 cm³/mol. The molecule has 2 heterocycles. The highest BCUT2D eigenvalue weighted by Crippen LogP contribution is 2.44. The Hall–Kier alpha value is -3.28. The first kappa shape index (κ1) is 19.1. The largest absolute Gasteiger partial charge is 0.362 e. The summed E-state index contributed by atoms with van der Waals surface area (Å²) in [5, 5.41) is 6.14. The van der Waals surface area contributed by atoms with E-state index in [0.717, 1.165) is 29.7 Å². The number of nitrogens with one attached hydrogen (secondary N) is 3. The maximum atomic E-state index is 13.5. The Labute approximate surface area is 168 Å². The summed E-state index contributed by atoms with van der Waals surface area (Å²) in [6.07, 6.45) is 3.69. The standard InChI is InChI=1S/C23H22FN3O2/c1-13-5-4-12-25-22(13)27-23(29)19-14(2)26-17-6-3-7-18(28)21(17)20(19)15-8-10-16(24)11-9-15/h4-5,8-12,19-20,26H,2-3,6-7H2,1H3,(H,25,27,29)/p+1. The zero-order chi connectivity index (χ0) is 20.5. The van der Waals surface area contributed by atoms with Crippen molar-refractivity contribution in [3.05, 3.63) is 83.1 Å². The molecule has 0 saturated carbocycles. The fraction of sp³-hybridized carbons (Fsp3) is 0.261. The average Bonchev–Trinajstić information content (AvgIpc) is 2.69. The van der Waals surface area contributed by atoms with Gasteiger partial charge in [0, 0.05) is 34.9 Å². The van der Waals surface area contributed by atoms with Crippen molar-refractivity contribution in [3.63, 3.8) is 0 Å². The first-order valence-electron chi connectivity index (χ1n) is 9.71. The van der Waals surface area contributed by atoms with Crippen LogP contribution in [0.2, 0.25) is 0 Å². The van der Waals surface area contributed by atoms with Gasteiger partial charge in [-0.2, -0.15) is 0 Å². The summed E-state index contributed by atoms with van der Waals surface area (Å²) in [4.78, 5) is 29.2. The van der Waals surface area contributed by atoms with E-state index in [0.29, 0.717) is 23.5 Å². The molecular formula is C23H23FN3O2+. The van der Waals surface area contributed by atoms with Crippen LogP contribution >= 0.6 is 0 Å². The van der Waals surface area contributed by atoms with Gasteiger partial charge in [0.05, 0.1) is 6.20 Å². The molecule has 2 aliphatic rings. The van der Waals surface area contributed by atoms with Crippen LogP contribution in [-0.4, -0.2) is 11.7 Å². The van der Waals surface area contributed by atoms with Gasteiger partial charge in [0.15, 0.2) is 5.78 Å². The number of carbonyl (C=O) groups excluding carboxylic acids is 2. The maximum absolute atomic E-state index is 13.5. The molecule has 0 bridgehead atoms. The smallest absolute Gasteiger partial charge is 0.317 e. The molecule has 2 unspecified atom stereocenters. The number of aromatic amines is 1. The summed E-state index contributed by atoms with van der Waals surface area (Å²) < 4.78 is 13.5. The SMILES string of the molecule is C=C1NC2=C(C(=O)CCC2)C(c2ccc(F)cc2)C1C(=O)Nc1[nH+]cccc1C. The van der Waals surface area contributed by atoms with Crippen molar-refractivity contribution in [1.82, 2.24) is 5.32 Å². The Morgan fingerprint density at radius 1 is 1.24 bits per heavy atom. The molecule has 0 fully saturated rings. The van der Waals surface area contributed by atoms with Gasteiger partial charge in [0.25, 0.3) is 5.82 Å². The first-order valence-corrected chi connectivity index (χ1v) is 9.71. The third-order valence-corrected chi connectivity index (χ3v) is 5.61. The van der Waals surface area contributed by atoms with Crippen LogP contribution < -0.4 is 15.6 Å². The quantitative estimate of drug-likeness (QED) is 0.841. The third kappa shape index (κ3) is 3.58. The number of benzene rings is 1. The van der Waals surface area contributed by atoms with Crippen molar-refractivity contribution in [2.24, 2.45) is 5.92 Å². The molecule has 148 valence electrons. The van der Waals surface area contributed by atoms with E-state index in [9.17, 15) is 14.0 Å². The molecule has 1 amide bonds. The van der Waals surface area contributed by atoms with E-state index in [1.807, 2.05) is 19.1 Å². The number of Topliss-reactive ketones (excluding diaryl/α,β-unsaturated/α-hetero) is 1. The molecule has 29 heavy (non-hydrogen) atoms. The molecule has 3 N–H and O–H groups in total. The van der Waals surface area contributed by atoms with Crippen molar-refractivity contribution in [2.75, 3.05) is 5.32 Å². The zero-order valence-corrected chi connectivity index (χ0v) is 16.2. The van der Waals surface area contributed by atoms with Gasteiger partial charge in [0.1, 0.15) is 11.7 Å². The number of pyridine rings is 1. The van der Waals surface area contributed by atoms with Gasteiger partial charge in [-0.05, 0) is 49.6 Å². The normalized spacial score (nSPS) is 21.4. The number of aromatic nitrogens is 1. The lowest BCUT2D eigenvalue weighted by atomic mass is 9.71. The predicted octanol–water partition coefficient (Wildman–Crippen LogP) is 3.41. The van der Waals surface area contributed by atoms with Crippen LogP contribution in [0.25, 0.3) is 0 Å². The van der Waals surface area contributed by atoms with Crippen molar-refractivity contribution in [3.8, 4) is 0 Å². The molecule has 1 aromatic carbocycles. The lowest BCUT2D eigenvalue weighted by Gasteiger charge is -2.37. The van der Waals surface area contributed by atoms with Crippen LogP contribution in [-0.2, 0) is 9.59 Å². The molecule has 1 aliphatic heterocycles. The fourth-order valence-electron chi connectivity index (χ4n) is 4.19. The average molecular weight is 392 g/mol. The molecule has 2 aromatic rings. The number of anilines is 1. The van der Waals surface area contributed by atoms with Gasteiger partial charge in [-0.3, -0.25) is 4.79 Å². The second kappa shape index (κ2) is 7.62. The summed E-state index contributed by atoms with van der Waals surface area (Å²) in [5.41, 5.74) is 3.60. The van der Waals surface area contributed by atoms with E-state index in [-0.39, 0.29) is 17.5 Å². The summed E-state index contributed by atoms with van der Waals surface area (Å²) >= 11 is 0. The van der Waals surface area contributed by atoms with Gasteiger partial charge in [-0.25, -0.2) is 19.5 Å². The monoisotopic (exact) mass is 392 g/mol. The number of amides is 1. The Balaban J connectivity index is 1.78. The Kier molecular flexibility index (Phi) is 5.01. The van der Waals surface area contributed by atoms with E-state index < -0.39 is 11.8 Å². The van der Waals surface area contributed by atoms with Crippen LogP contribution in [0.3, 0.4) is 0 Å². The second-order valence-electron chi connectivity index (χ2n) is 7.54. The highest BCUT2D eigenvalue weighted by molar-refractivity contribution is 6.02. The van der Waals surface area contributed by atoms with E-state index in [2.05, 4.69) is 22.2 Å². The topological polar surface area (TPSA) is 72.3 Å². The summed E-state index contributed by atoms with van der Waals surface area (Å²) in [6.45, 7) is 5.98. The summed E-state index contributed by atoms with van der Waals surface area (Å²) in [5.74, 6) is -1.21. The lowest BCUT2D eigenvalue weighted by Crippen LogP contribution is -2.43. The number of carbonyl (C=O) groups is 2. The van der Waals surface area contributed by atoms with E-state index in [4.69, 9.17) is 0 Å². The van der Waals surface area contributed by atoms with Crippen LogP contribution in [0.5, 0.6) is 0 Å². The van der Waals surface area contributed by atoms with E-state index >= 15 is 0 Å². The number of hydrogen-bond donors (Lipinski definition) is 2. The highest BCUT2D eigenvalue weighted by atomic mass is 19.1. The van der Waals surface area contributed by atoms with Crippen molar-refractivity contribution in [2.45, 2.75) is 32.1 Å². The van der Waals surface area contributed by atoms with Crippen LogP contribution in [0.4, 0.5) is 10.2 Å². The Bertz CT molecular complexity index is 1030. The Morgan fingerprint density at radius 2 is 2.00 bits per heavy atom. The van der Waals surface area contributed by atoms with E-state index in [1.165, 1.54) is 12.1 Å². The zero-order valence-electron chi connectivity index (χ0n) is 16.2. The van der Waals surface area contributed by atoms with Gasteiger partial charge >= 0.3 is 5.91 Å². The molecule has 0 radical (unpaired) electrons. The molecule has 0 saturated heterocycles. The van der Waals surface area contributed by atoms with Gasteiger partial charge < -0.3 is 5.32 Å². The minimum Gasteiger partial charge on any atom is -0.362 e. The molecule has 1 aromatic heterocycles. The molecular weight excluding hydrogens is 369 g/mol. The number of ketones is 1. The minimum atomic E-state index is -0.700. The van der Waals surface area contributed by atoms with Gasteiger partial charge in [-0.15, -0.1) is 0 Å². The molecule has 2 atom stereocenters. The minimum absolute atomic E-state index is 0.0285. The number of halogens is 1. The summed E-state index contributed by atoms with van der Waals surface area (Å²) in [7, 11) is 0. The fourth-order valence-corrected chi connectivity index (χ4v) is 4.19. The number of hydrogen-bond acceptors (Lipinski definition) is 3. The number of allylic oxidation sites excluding steroid dienone is 2. The maximum Gasteiger partial charge on any atom is 0.317 e. The molecule has 6 heteroatoms. The van der Waals surface area contributed by atoms with Gasteiger partial charge in [0.2, 0.25) is 0 Å². The molecule has 4 rings (SSSR count). The summed E-state index contributed by atoms with van der Waals surface area (Å²) in [6, 6.07) is 9.75. The first-order chi connectivity index (χ1) is 14.0. The number of aryl methyl sites for hydroxylation is 1. The second-order valence-corrected chi connectivity index (χ2v) is 7.54. The van der Waals surface area contributed by atoms with Gasteiger partial charge in [-0.1, -0.05) is 18.7 Å². The molecule has 1 aliphatic carbocycles. The third-order valence-electron chi connectivity index (χ3n) is 5.61. The van der Waals surface area contributed by atoms with Crippen molar-refractivity contribution in [1.29, 1.82) is 0 Å². The van der Waals surface area contributed by atoms with Crippen LogP contribution in [0.15, 0.2) is 66.1 Å². The number of rotatable bonds is 3. The van der Waals surface area contributed by atoms with E-state index in [1.54, 1.807) is 18.3 Å². The number of H-pyrrole nitrogens is 1. The van der Waals surface area contributed by atoms with Crippen molar-refractivity contribution >= 4 is 17.5 Å². The van der Waals surface area contributed by atoms with Crippen LogP contribution in [0.1, 0.15) is 36.3 Å². The molecule has 0 spiro atoms. The molecule has 5 nitrogen and oxygen atoms in total. The van der Waals surface area contributed by atoms with Crippen molar-refractivity contribution < 1.29 is 19.0 Å². The van der Waals surface area contributed by atoms with Crippen LogP contribution in [0, 0.1) is 18.7 Å².